The zero-order valence-electron chi connectivity index (χ0n) is 18.1. The minimum Gasteiger partial charge on any atom is -0.872 e. The summed E-state index contributed by atoms with van der Waals surface area (Å²) >= 11 is 0. The molecule has 0 heterocycles. The van der Waals surface area contributed by atoms with Gasteiger partial charge in [0.15, 0.2) is 0 Å². The first-order chi connectivity index (χ1) is 13.9. The second kappa shape index (κ2) is 14.1. The maximum atomic E-state index is 11.8. The van der Waals surface area contributed by atoms with Gasteiger partial charge in [-0.1, -0.05) is 70.4 Å². The van der Waals surface area contributed by atoms with E-state index >= 15 is 0 Å². The molecule has 2 aromatic carbocycles. The summed E-state index contributed by atoms with van der Waals surface area (Å²) in [6.07, 6.45) is 11.9. The Hall–Kier alpha value is -1.05. The number of rotatable bonds is 13. The molecule has 30 heavy (non-hydrogen) atoms. The first-order valence-electron chi connectivity index (χ1n) is 10.5. The van der Waals surface area contributed by atoms with Crippen molar-refractivity contribution in [1.29, 1.82) is 0 Å². The maximum absolute atomic E-state index is 11.8. The summed E-state index contributed by atoms with van der Waals surface area (Å²) < 4.78 is 37.2. The fraction of sp³-hybridized carbons (Fsp3) is 0.478. The molecule has 2 aromatic rings. The summed E-state index contributed by atoms with van der Waals surface area (Å²) in [5.41, 5.74) is 0.860. The molecule has 0 radical (unpaired) electrons. The molecule has 0 fully saturated rings. The van der Waals surface area contributed by atoms with Crippen LogP contribution < -0.4 is 39.4 Å². The van der Waals surface area contributed by atoms with Crippen molar-refractivity contribution in [2.45, 2.75) is 76.0 Å². The smallest absolute Gasteiger partial charge is 0.872 e. The Morgan fingerprint density at radius 1 is 0.867 bits per heavy atom. The Bertz CT molecular complexity index is 850. The van der Waals surface area contributed by atoms with Crippen molar-refractivity contribution in [3.63, 3.8) is 0 Å². The van der Waals surface area contributed by atoms with Crippen LogP contribution in [0, 0.1) is 0 Å². The molecular formula is C23H31NaO5S. The third-order valence-electron chi connectivity index (χ3n) is 4.93. The number of ether oxygens (including phenoxy) is 1. The minimum atomic E-state index is -4.23. The van der Waals surface area contributed by atoms with Gasteiger partial charge in [-0.15, -0.1) is 5.75 Å². The van der Waals surface area contributed by atoms with Crippen molar-refractivity contribution in [2.24, 2.45) is 0 Å². The molecule has 2 rings (SSSR count). The number of hydrogen-bond acceptors (Lipinski definition) is 4. The molecule has 0 aliphatic carbocycles. The standard InChI is InChI=1S/C23H32O5S.Na/c1-2-3-4-5-6-7-8-9-10-11-19-18-20(24)12-17-23(19)28-21-13-15-22(16-14-21)29(25,26)27;/h12-18,24H,2-11H2,1H3,(H,25,26,27);/q;+1/p-1. The van der Waals surface area contributed by atoms with Gasteiger partial charge in [-0.25, -0.2) is 0 Å². The molecule has 1 N–H and O–H groups in total. The van der Waals surface area contributed by atoms with E-state index in [0.717, 1.165) is 24.8 Å². The summed E-state index contributed by atoms with van der Waals surface area (Å²) in [6.45, 7) is 2.23. The van der Waals surface area contributed by atoms with E-state index in [1.807, 2.05) is 0 Å². The van der Waals surface area contributed by atoms with Crippen LogP contribution in [0.4, 0.5) is 0 Å². The molecular weight excluding hydrogens is 411 g/mol. The van der Waals surface area contributed by atoms with E-state index in [9.17, 15) is 13.5 Å². The first-order valence-corrected chi connectivity index (χ1v) is 11.9. The van der Waals surface area contributed by atoms with Crippen LogP contribution in [-0.2, 0) is 16.5 Å². The maximum Gasteiger partial charge on any atom is 1.00 e. The predicted octanol–water partition coefficient (Wildman–Crippen LogP) is 2.88. The zero-order chi connectivity index (χ0) is 21.1. The summed E-state index contributed by atoms with van der Waals surface area (Å²) in [7, 11) is -4.23. The fourth-order valence-electron chi connectivity index (χ4n) is 3.28. The van der Waals surface area contributed by atoms with Crippen molar-refractivity contribution < 1.29 is 52.4 Å². The molecule has 0 amide bonds. The molecule has 0 aromatic heterocycles. The Balaban J connectivity index is 0.00000450. The molecule has 7 heteroatoms. The molecule has 5 nitrogen and oxygen atoms in total. The normalized spacial score (nSPS) is 11.1. The van der Waals surface area contributed by atoms with Crippen LogP contribution in [0.5, 0.6) is 17.2 Å². The van der Waals surface area contributed by atoms with Gasteiger partial charge in [-0.2, -0.15) is 8.42 Å². The van der Waals surface area contributed by atoms with Crippen LogP contribution in [0.15, 0.2) is 47.4 Å². The van der Waals surface area contributed by atoms with Crippen LogP contribution in [0.2, 0.25) is 0 Å². The average Bonchev–Trinajstić information content (AvgIpc) is 2.68. The molecule has 0 aliphatic rings. The summed E-state index contributed by atoms with van der Waals surface area (Å²) in [5, 5.41) is 11.8. The quantitative estimate of drug-likeness (QED) is 0.293. The molecule has 0 saturated carbocycles. The summed E-state index contributed by atoms with van der Waals surface area (Å²) in [5.74, 6) is 0.998. The molecule has 0 aliphatic heterocycles. The van der Waals surface area contributed by atoms with Gasteiger partial charge < -0.3 is 9.84 Å². The van der Waals surface area contributed by atoms with Crippen molar-refractivity contribution >= 4 is 10.1 Å². The third-order valence-corrected chi connectivity index (χ3v) is 5.80. The second-order valence-corrected chi connectivity index (χ2v) is 8.82. The molecule has 160 valence electrons. The average molecular weight is 443 g/mol. The Morgan fingerprint density at radius 2 is 1.43 bits per heavy atom. The Labute approximate surface area is 202 Å². The van der Waals surface area contributed by atoms with E-state index < -0.39 is 10.1 Å². The van der Waals surface area contributed by atoms with E-state index in [-0.39, 0.29) is 40.2 Å². The van der Waals surface area contributed by atoms with E-state index in [1.54, 1.807) is 12.1 Å². The van der Waals surface area contributed by atoms with Crippen LogP contribution in [0.3, 0.4) is 0 Å². The molecule has 0 saturated heterocycles. The molecule has 0 unspecified atom stereocenters. The number of benzene rings is 2. The number of unbranched alkanes of at least 4 members (excludes halogenated alkanes) is 8. The SMILES string of the molecule is CCCCCCCCCCCc1cc([O-])ccc1Oc1ccc(S(=O)(=O)O)cc1.[Na+]. The van der Waals surface area contributed by atoms with Gasteiger partial charge in [-0.3, -0.25) is 4.55 Å². The Kier molecular flexibility index (Phi) is 12.7. The van der Waals surface area contributed by atoms with Gasteiger partial charge in [0.05, 0.1) is 4.90 Å². The minimum absolute atomic E-state index is 0. The van der Waals surface area contributed by atoms with Gasteiger partial charge in [0.1, 0.15) is 11.5 Å². The molecule has 0 spiro atoms. The monoisotopic (exact) mass is 442 g/mol. The van der Waals surface area contributed by atoms with Gasteiger partial charge >= 0.3 is 29.6 Å². The summed E-state index contributed by atoms with van der Waals surface area (Å²) in [6, 6.07) is 10.3. The number of hydrogen-bond donors (Lipinski definition) is 1. The van der Waals surface area contributed by atoms with Crippen LogP contribution in [-0.4, -0.2) is 13.0 Å². The van der Waals surface area contributed by atoms with E-state index in [0.29, 0.717) is 11.5 Å². The van der Waals surface area contributed by atoms with E-state index in [2.05, 4.69) is 6.92 Å². The van der Waals surface area contributed by atoms with E-state index in [4.69, 9.17) is 9.29 Å². The van der Waals surface area contributed by atoms with Gasteiger partial charge in [-0.05, 0) is 48.7 Å². The second-order valence-electron chi connectivity index (χ2n) is 7.40. The third kappa shape index (κ3) is 9.84. The van der Waals surface area contributed by atoms with Gasteiger partial charge in [0, 0.05) is 0 Å². The summed E-state index contributed by atoms with van der Waals surface area (Å²) in [4.78, 5) is -0.185. The van der Waals surface area contributed by atoms with Crippen molar-refractivity contribution in [1.82, 2.24) is 0 Å². The largest absolute Gasteiger partial charge is 1.00 e. The van der Waals surface area contributed by atoms with Gasteiger partial charge in [0.2, 0.25) is 0 Å². The van der Waals surface area contributed by atoms with Gasteiger partial charge in [0.25, 0.3) is 10.1 Å². The predicted molar refractivity (Wildman–Crippen MR) is 113 cm³/mol. The fourth-order valence-corrected chi connectivity index (χ4v) is 3.76. The molecule has 0 atom stereocenters. The van der Waals surface area contributed by atoms with E-state index in [1.165, 1.54) is 75.3 Å². The first kappa shape index (κ1) is 27.0. The van der Waals surface area contributed by atoms with Crippen LogP contribution in [0.25, 0.3) is 0 Å². The Morgan fingerprint density at radius 3 is 2.00 bits per heavy atom. The molecule has 0 bridgehead atoms. The van der Waals surface area contributed by atoms with Crippen molar-refractivity contribution in [3.8, 4) is 17.2 Å². The van der Waals surface area contributed by atoms with Crippen LogP contribution in [0.1, 0.15) is 70.3 Å². The van der Waals surface area contributed by atoms with Crippen molar-refractivity contribution in [3.05, 3.63) is 48.0 Å². The zero-order valence-corrected chi connectivity index (χ0v) is 20.9. The van der Waals surface area contributed by atoms with Crippen molar-refractivity contribution in [2.75, 3.05) is 0 Å². The number of aryl methyl sites for hydroxylation is 1. The van der Waals surface area contributed by atoms with Crippen LogP contribution >= 0.6 is 0 Å². The topological polar surface area (TPSA) is 86.7 Å².